The van der Waals surface area contributed by atoms with Gasteiger partial charge in [-0.15, -0.1) is 0 Å². The summed E-state index contributed by atoms with van der Waals surface area (Å²) in [7, 11) is 0. The molecule has 0 radical (unpaired) electrons. The van der Waals surface area contributed by atoms with Gasteiger partial charge in [0.05, 0.1) is 13.2 Å². The molecular weight excluding hydrogens is 797 g/mol. The zero-order chi connectivity index (χ0) is 43.7. The van der Waals surface area contributed by atoms with Crippen molar-refractivity contribution < 1.29 is 28.8 Å². The van der Waals surface area contributed by atoms with E-state index >= 15 is 4.79 Å². The molecule has 1 aliphatic heterocycles. The number of hydrogen-bond donors (Lipinski definition) is 2. The number of ether oxygens (including phenoxy) is 4. The normalized spacial score (nSPS) is 15.2. The summed E-state index contributed by atoms with van der Waals surface area (Å²) in [6, 6.07) is 47.0. The first kappa shape index (κ1) is 43.3. The number of carbonyl (C=O) groups excluding carboxylic acids is 1. The fourth-order valence-corrected chi connectivity index (χ4v) is 7.27. The molecule has 2 N–H and O–H groups in total. The summed E-state index contributed by atoms with van der Waals surface area (Å²) in [5.41, 5.74) is 22.9. The zero-order valence-electron chi connectivity index (χ0n) is 34.5. The SMILES string of the molecule is [N-]=[N+]=NCc1ccccc1C[C@@]1(C(=O)NCCc2ccc(OCc3ccccc3)c(OCc3ccccc3)c2)N=C(c2ccc(OCCCO)cc2)O[C@@H]1c1ccccc1N=[N+]=[N-]. The molecule has 0 saturated heterocycles. The van der Waals surface area contributed by atoms with E-state index in [4.69, 9.17) is 23.9 Å². The van der Waals surface area contributed by atoms with Gasteiger partial charge in [0.15, 0.2) is 23.1 Å². The maximum absolute atomic E-state index is 15.1. The lowest BCUT2D eigenvalue weighted by Gasteiger charge is -2.32. The quantitative estimate of drug-likeness (QED) is 0.0313. The third kappa shape index (κ3) is 11.1. The predicted octanol–water partition coefficient (Wildman–Crippen LogP) is 10.2. The van der Waals surface area contributed by atoms with E-state index in [1.165, 1.54) is 0 Å². The van der Waals surface area contributed by atoms with E-state index in [0.717, 1.165) is 27.8 Å². The molecule has 14 nitrogen and oxygen atoms in total. The van der Waals surface area contributed by atoms with Gasteiger partial charge in [0, 0.05) is 52.6 Å². The molecule has 63 heavy (non-hydrogen) atoms. The summed E-state index contributed by atoms with van der Waals surface area (Å²) in [4.78, 5) is 26.3. The van der Waals surface area contributed by atoms with Crippen LogP contribution < -0.4 is 19.5 Å². The number of benzene rings is 6. The van der Waals surface area contributed by atoms with Crippen LogP contribution in [0.25, 0.3) is 20.9 Å². The Balaban J connectivity index is 1.22. The molecule has 0 unspecified atom stereocenters. The minimum Gasteiger partial charge on any atom is -0.494 e. The highest BCUT2D eigenvalue weighted by Crippen LogP contribution is 2.46. The average molecular weight is 843 g/mol. The molecule has 1 amide bonds. The summed E-state index contributed by atoms with van der Waals surface area (Å²) in [6.07, 6.45) is -0.0887. The van der Waals surface area contributed by atoms with Crippen molar-refractivity contribution in [2.75, 3.05) is 19.8 Å². The number of aliphatic imine (C=N–C) groups is 1. The van der Waals surface area contributed by atoms with E-state index in [2.05, 4.69) is 25.4 Å². The van der Waals surface area contributed by atoms with Crippen molar-refractivity contribution in [3.8, 4) is 17.2 Å². The molecule has 7 rings (SSSR count). The van der Waals surface area contributed by atoms with Gasteiger partial charge in [-0.2, -0.15) is 0 Å². The number of aliphatic hydroxyl groups excluding tert-OH is 1. The van der Waals surface area contributed by atoms with Crippen LogP contribution in [0.2, 0.25) is 0 Å². The standard InChI is InChI=1S/C49H46N8O6/c50-56-53-32-40-17-8-7-16-39(40)31-49(46(42-18-9-10-19-43(42)55-57-51)63-47(54-49)38-21-23-41(24-22-38)60-29-11-28-58)48(59)52-27-26-35-20-25-44(61-33-36-12-3-1-4-13-36)45(30-35)62-34-37-14-5-2-6-15-37/h1-10,12-25,30,46,58H,11,26-29,31-34H2,(H,52,59)/t46-,49-/m1/s1. The van der Waals surface area contributed by atoms with E-state index in [9.17, 15) is 16.2 Å². The minimum absolute atomic E-state index is 0.0121. The Kier molecular flexibility index (Phi) is 14.9. The number of nitrogens with one attached hydrogen (secondary N) is 1. The molecule has 1 aliphatic rings. The zero-order valence-corrected chi connectivity index (χ0v) is 34.5. The fraction of sp³-hybridized carbons (Fsp3) is 0.224. The molecule has 0 saturated carbocycles. The molecule has 0 bridgehead atoms. The van der Waals surface area contributed by atoms with Gasteiger partial charge in [-0.25, -0.2) is 4.99 Å². The number of hydrogen-bond acceptors (Lipinski definition) is 9. The van der Waals surface area contributed by atoms with Gasteiger partial charge in [-0.3, -0.25) is 4.79 Å². The van der Waals surface area contributed by atoms with Crippen LogP contribution >= 0.6 is 0 Å². The van der Waals surface area contributed by atoms with Gasteiger partial charge in [0.25, 0.3) is 5.91 Å². The Hall–Kier alpha value is -7.76. The smallest absolute Gasteiger partial charge is 0.252 e. The van der Waals surface area contributed by atoms with Crippen LogP contribution in [0.3, 0.4) is 0 Å². The van der Waals surface area contributed by atoms with Gasteiger partial charge in [0.1, 0.15) is 19.0 Å². The molecular formula is C49H46N8O6. The Morgan fingerprint density at radius 3 is 2.11 bits per heavy atom. The Morgan fingerprint density at radius 1 is 0.746 bits per heavy atom. The second kappa shape index (κ2) is 21.7. The van der Waals surface area contributed by atoms with Crippen molar-refractivity contribution in [3.05, 3.63) is 211 Å². The van der Waals surface area contributed by atoms with Crippen molar-refractivity contribution in [1.29, 1.82) is 0 Å². The summed E-state index contributed by atoms with van der Waals surface area (Å²) in [6.45, 7) is 1.34. The fourth-order valence-electron chi connectivity index (χ4n) is 7.27. The van der Waals surface area contributed by atoms with Crippen LogP contribution in [-0.2, 0) is 42.1 Å². The number of rotatable bonds is 21. The molecule has 6 aromatic rings. The van der Waals surface area contributed by atoms with Crippen molar-refractivity contribution in [3.63, 3.8) is 0 Å². The van der Waals surface area contributed by atoms with E-state index in [0.29, 0.717) is 61.0 Å². The molecule has 0 fully saturated rings. The Morgan fingerprint density at radius 2 is 1.41 bits per heavy atom. The van der Waals surface area contributed by atoms with Crippen LogP contribution in [0.5, 0.6) is 17.2 Å². The predicted molar refractivity (Wildman–Crippen MR) is 240 cm³/mol. The second-order valence-electron chi connectivity index (χ2n) is 14.7. The van der Waals surface area contributed by atoms with Gasteiger partial charge in [0.2, 0.25) is 5.90 Å². The maximum atomic E-state index is 15.1. The van der Waals surface area contributed by atoms with Crippen molar-refractivity contribution in [2.24, 2.45) is 15.2 Å². The van der Waals surface area contributed by atoms with Gasteiger partial charge < -0.3 is 29.4 Å². The average Bonchev–Trinajstić information content (AvgIpc) is 3.71. The van der Waals surface area contributed by atoms with Gasteiger partial charge >= 0.3 is 0 Å². The van der Waals surface area contributed by atoms with E-state index in [1.54, 1.807) is 48.5 Å². The number of nitrogens with zero attached hydrogens (tertiary/aromatic N) is 7. The first-order valence-electron chi connectivity index (χ1n) is 20.6. The first-order chi connectivity index (χ1) is 31.0. The molecule has 2 atom stereocenters. The minimum atomic E-state index is -1.64. The van der Waals surface area contributed by atoms with Gasteiger partial charge in [-0.05, 0) is 81.7 Å². The summed E-state index contributed by atoms with van der Waals surface area (Å²) >= 11 is 0. The topological polar surface area (TPSA) is 196 Å². The largest absolute Gasteiger partial charge is 0.494 e. The van der Waals surface area contributed by atoms with Crippen LogP contribution in [0.4, 0.5) is 5.69 Å². The molecule has 1 heterocycles. The lowest BCUT2D eigenvalue weighted by molar-refractivity contribution is -0.128. The van der Waals surface area contributed by atoms with E-state index in [1.807, 2.05) is 103 Å². The Labute approximate surface area is 365 Å². The third-order valence-corrected chi connectivity index (χ3v) is 10.5. The van der Waals surface area contributed by atoms with E-state index in [-0.39, 0.29) is 37.7 Å². The molecule has 318 valence electrons. The summed E-state index contributed by atoms with van der Waals surface area (Å²) < 4.78 is 25.1. The number of carbonyl (C=O) groups is 1. The van der Waals surface area contributed by atoms with E-state index < -0.39 is 17.6 Å². The van der Waals surface area contributed by atoms with Crippen LogP contribution in [-0.4, -0.2) is 42.2 Å². The van der Waals surface area contributed by atoms with Crippen LogP contribution in [0, 0.1) is 0 Å². The monoisotopic (exact) mass is 842 g/mol. The lowest BCUT2D eigenvalue weighted by atomic mass is 9.80. The first-order valence-corrected chi connectivity index (χ1v) is 20.6. The summed E-state index contributed by atoms with van der Waals surface area (Å²) in [5.74, 6) is 1.54. The summed E-state index contributed by atoms with van der Waals surface area (Å²) in [5, 5.41) is 20.2. The molecule has 0 aliphatic carbocycles. The highest BCUT2D eigenvalue weighted by Gasteiger charge is 2.54. The highest BCUT2D eigenvalue weighted by atomic mass is 16.5. The van der Waals surface area contributed by atoms with Gasteiger partial charge in [-0.1, -0.05) is 125 Å². The lowest BCUT2D eigenvalue weighted by Crippen LogP contribution is -2.50. The number of aliphatic hydroxyl groups is 1. The molecule has 0 aromatic heterocycles. The number of azide groups is 2. The number of amides is 1. The third-order valence-electron chi connectivity index (χ3n) is 10.5. The molecule has 14 heteroatoms. The van der Waals surface area contributed by atoms with Crippen LogP contribution in [0.1, 0.15) is 51.5 Å². The molecule has 6 aromatic carbocycles. The van der Waals surface area contributed by atoms with Crippen LogP contribution in [0.15, 0.2) is 167 Å². The highest BCUT2D eigenvalue weighted by molar-refractivity contribution is 6.01. The second-order valence-corrected chi connectivity index (χ2v) is 14.7. The van der Waals surface area contributed by atoms with Crippen molar-refractivity contribution >= 4 is 17.5 Å². The van der Waals surface area contributed by atoms with Crippen molar-refractivity contribution in [1.82, 2.24) is 5.32 Å². The molecule has 0 spiro atoms. The Bertz CT molecular complexity index is 2600. The maximum Gasteiger partial charge on any atom is 0.252 e. The van der Waals surface area contributed by atoms with Crippen molar-refractivity contribution in [2.45, 2.75) is 50.7 Å².